The van der Waals surface area contributed by atoms with E-state index < -0.39 is 5.54 Å². The molecule has 1 aliphatic carbocycles. The minimum atomic E-state index is -0.665. The lowest BCUT2D eigenvalue weighted by Gasteiger charge is -2.36. The summed E-state index contributed by atoms with van der Waals surface area (Å²) in [6.45, 7) is 0.151. The zero-order valence-electron chi connectivity index (χ0n) is 8.27. The molecule has 0 aromatic heterocycles. The summed E-state index contributed by atoms with van der Waals surface area (Å²) in [5.41, 5.74) is -0.665. The summed E-state index contributed by atoms with van der Waals surface area (Å²) in [5.74, 6) is 0. The highest BCUT2D eigenvalue weighted by molar-refractivity contribution is 5.15. The van der Waals surface area contributed by atoms with E-state index in [0.717, 1.165) is 0 Å². The van der Waals surface area contributed by atoms with Gasteiger partial charge in [0.15, 0.2) is 25.2 Å². The Hall–Kier alpha value is -2.08. The molecule has 15 heavy (non-hydrogen) atoms. The van der Waals surface area contributed by atoms with Crippen molar-refractivity contribution in [3.05, 3.63) is 0 Å². The molecule has 1 rings (SSSR count). The fraction of sp³-hybridized carbons (Fsp3) is 0.600. The maximum Gasteiger partial charge on any atom is 0.189 e. The van der Waals surface area contributed by atoms with E-state index in [-0.39, 0.29) is 24.1 Å². The summed E-state index contributed by atoms with van der Waals surface area (Å²) in [6, 6.07) is 8.10. The van der Waals surface area contributed by atoms with Gasteiger partial charge in [0, 0.05) is 12.8 Å². The van der Waals surface area contributed by atoms with Crippen molar-refractivity contribution in [3.63, 3.8) is 0 Å². The van der Waals surface area contributed by atoms with Crippen LogP contribution in [0.15, 0.2) is 0 Å². The van der Waals surface area contributed by atoms with Gasteiger partial charge in [-0.15, -0.1) is 0 Å². The molecule has 1 fully saturated rings. The quantitative estimate of drug-likeness (QED) is 0.485. The van der Waals surface area contributed by atoms with Crippen LogP contribution in [0.5, 0.6) is 0 Å². The van der Waals surface area contributed by atoms with Gasteiger partial charge in [-0.1, -0.05) is 0 Å². The van der Waals surface area contributed by atoms with Crippen molar-refractivity contribution in [3.8, 4) is 24.3 Å². The average Bonchev–Trinajstić information content (AvgIpc) is 2.99. The smallest absolute Gasteiger partial charge is 0.189 e. The molecular formula is C10H10N5+. The van der Waals surface area contributed by atoms with E-state index in [9.17, 15) is 0 Å². The van der Waals surface area contributed by atoms with Crippen LogP contribution in [0.1, 0.15) is 12.8 Å². The molecule has 0 unspecified atom stereocenters. The number of quaternary nitrogens is 1. The lowest BCUT2D eigenvalue weighted by atomic mass is 10.1. The van der Waals surface area contributed by atoms with Crippen LogP contribution < -0.4 is 0 Å². The third-order valence-corrected chi connectivity index (χ3v) is 2.96. The SMILES string of the molecule is N#CC[N+](CC#N)(CC#N)C1(C#N)CC1. The summed E-state index contributed by atoms with van der Waals surface area (Å²) in [4.78, 5) is 0. The molecule has 1 aliphatic rings. The minimum Gasteiger partial charge on any atom is -0.272 e. The van der Waals surface area contributed by atoms with Gasteiger partial charge >= 0.3 is 0 Å². The largest absolute Gasteiger partial charge is 0.272 e. The molecule has 0 aliphatic heterocycles. The number of rotatable bonds is 4. The van der Waals surface area contributed by atoms with Crippen molar-refractivity contribution in [2.75, 3.05) is 19.6 Å². The maximum atomic E-state index is 9.08. The van der Waals surface area contributed by atoms with Crippen molar-refractivity contribution in [2.24, 2.45) is 0 Å². The first-order chi connectivity index (χ1) is 7.20. The van der Waals surface area contributed by atoms with E-state index in [1.807, 2.05) is 18.2 Å². The fourth-order valence-electron chi connectivity index (χ4n) is 1.84. The standard InChI is InChI=1S/C10H10N5/c11-3-6-15(7-4-12,8-5-13)10(9-14)1-2-10/h1-2,6-8H2/q+1. The van der Waals surface area contributed by atoms with Crippen LogP contribution >= 0.6 is 0 Å². The second-order valence-corrected chi connectivity index (χ2v) is 3.74. The zero-order valence-corrected chi connectivity index (χ0v) is 8.27. The summed E-state index contributed by atoms with van der Waals surface area (Å²) < 4.78 is -0.00694. The average molecular weight is 200 g/mol. The van der Waals surface area contributed by atoms with Crippen molar-refractivity contribution in [2.45, 2.75) is 18.4 Å². The molecule has 0 spiro atoms. The van der Waals surface area contributed by atoms with Crippen LogP contribution in [0.4, 0.5) is 0 Å². The summed E-state index contributed by atoms with van der Waals surface area (Å²) >= 11 is 0. The Morgan fingerprint density at radius 2 is 1.27 bits per heavy atom. The van der Waals surface area contributed by atoms with Gasteiger partial charge in [-0.2, -0.15) is 21.0 Å². The van der Waals surface area contributed by atoms with E-state index in [2.05, 4.69) is 6.07 Å². The highest BCUT2D eigenvalue weighted by Crippen LogP contribution is 2.46. The summed E-state index contributed by atoms with van der Waals surface area (Å²) in [7, 11) is 0. The van der Waals surface area contributed by atoms with Gasteiger partial charge in [0.25, 0.3) is 0 Å². The van der Waals surface area contributed by atoms with Gasteiger partial charge in [-0.05, 0) is 0 Å². The number of hydrogen-bond donors (Lipinski definition) is 0. The predicted octanol–water partition coefficient (Wildman–Crippen LogP) is 0.430. The molecule has 0 N–H and O–H groups in total. The highest BCUT2D eigenvalue weighted by atomic mass is 15.4. The molecule has 0 heterocycles. The number of nitrogens with zero attached hydrogens (tertiary/aromatic N) is 5. The van der Waals surface area contributed by atoms with Crippen LogP contribution in [-0.4, -0.2) is 29.7 Å². The lowest BCUT2D eigenvalue weighted by Crippen LogP contribution is -2.57. The second-order valence-electron chi connectivity index (χ2n) is 3.74. The van der Waals surface area contributed by atoms with Gasteiger partial charge in [-0.3, -0.25) is 4.48 Å². The normalized spacial score (nSPS) is 16.5. The van der Waals surface area contributed by atoms with Crippen LogP contribution in [0.2, 0.25) is 0 Å². The Labute approximate surface area is 88.6 Å². The van der Waals surface area contributed by atoms with E-state index in [1.165, 1.54) is 0 Å². The van der Waals surface area contributed by atoms with Gasteiger partial charge in [0.1, 0.15) is 24.3 Å². The maximum absolute atomic E-state index is 9.08. The molecule has 1 saturated carbocycles. The zero-order chi connectivity index (χ0) is 11.4. The molecular weight excluding hydrogens is 190 g/mol. The number of nitriles is 4. The van der Waals surface area contributed by atoms with Crippen molar-refractivity contribution >= 4 is 0 Å². The van der Waals surface area contributed by atoms with Crippen LogP contribution in [0.3, 0.4) is 0 Å². The van der Waals surface area contributed by atoms with Gasteiger partial charge in [0.05, 0.1) is 0 Å². The van der Waals surface area contributed by atoms with Crippen LogP contribution in [0, 0.1) is 45.3 Å². The molecule has 74 valence electrons. The van der Waals surface area contributed by atoms with Gasteiger partial charge in [0.2, 0.25) is 0 Å². The van der Waals surface area contributed by atoms with E-state index >= 15 is 0 Å². The van der Waals surface area contributed by atoms with Crippen molar-refractivity contribution < 1.29 is 4.48 Å². The third kappa shape index (κ3) is 1.62. The Bertz CT molecular complexity index is 366. The molecule has 0 aromatic carbocycles. The first-order valence-corrected chi connectivity index (χ1v) is 4.58. The topological polar surface area (TPSA) is 95.2 Å². The van der Waals surface area contributed by atoms with Gasteiger partial charge in [-0.25, -0.2) is 0 Å². The van der Waals surface area contributed by atoms with Crippen LogP contribution in [-0.2, 0) is 0 Å². The van der Waals surface area contributed by atoms with E-state index in [4.69, 9.17) is 21.0 Å². The molecule has 5 heteroatoms. The Morgan fingerprint density at radius 3 is 1.47 bits per heavy atom. The fourth-order valence-corrected chi connectivity index (χ4v) is 1.84. The van der Waals surface area contributed by atoms with E-state index in [1.54, 1.807) is 0 Å². The predicted molar refractivity (Wildman–Crippen MR) is 49.3 cm³/mol. The Morgan fingerprint density at radius 1 is 0.867 bits per heavy atom. The van der Waals surface area contributed by atoms with Crippen molar-refractivity contribution in [1.29, 1.82) is 21.0 Å². The monoisotopic (exact) mass is 200 g/mol. The first kappa shape index (κ1) is 11.0. The Kier molecular flexibility index (Phi) is 2.91. The summed E-state index contributed by atoms with van der Waals surface area (Å²) in [6.07, 6.45) is 1.35. The molecule has 0 bridgehead atoms. The molecule has 0 saturated heterocycles. The number of hydrogen-bond acceptors (Lipinski definition) is 4. The lowest BCUT2D eigenvalue weighted by molar-refractivity contribution is -0.935. The van der Waals surface area contributed by atoms with Crippen LogP contribution in [0.25, 0.3) is 0 Å². The molecule has 0 radical (unpaired) electrons. The summed E-state index contributed by atoms with van der Waals surface area (Å²) in [5, 5.41) is 35.3. The van der Waals surface area contributed by atoms with E-state index in [0.29, 0.717) is 12.8 Å². The highest BCUT2D eigenvalue weighted by Gasteiger charge is 2.61. The van der Waals surface area contributed by atoms with Gasteiger partial charge < -0.3 is 0 Å². The second kappa shape index (κ2) is 3.97. The molecule has 5 nitrogen and oxygen atoms in total. The Balaban J connectivity index is 3.06. The molecule has 0 atom stereocenters. The minimum absolute atomic E-state index is 0.00694. The molecule has 0 aromatic rings. The molecule has 0 amide bonds. The first-order valence-electron chi connectivity index (χ1n) is 4.58. The van der Waals surface area contributed by atoms with Crippen molar-refractivity contribution in [1.82, 2.24) is 0 Å². The third-order valence-electron chi connectivity index (χ3n) is 2.96.